The zero-order chi connectivity index (χ0) is 15.6. The van der Waals surface area contributed by atoms with Gasteiger partial charge in [0, 0.05) is 43.6 Å². The number of hydrogen-bond acceptors (Lipinski definition) is 3. The lowest BCUT2D eigenvalue weighted by atomic mass is 9.98. The van der Waals surface area contributed by atoms with E-state index >= 15 is 0 Å². The summed E-state index contributed by atoms with van der Waals surface area (Å²) in [6.07, 6.45) is 7.14. The Morgan fingerprint density at radius 3 is 2.91 bits per heavy atom. The van der Waals surface area contributed by atoms with Gasteiger partial charge >= 0.3 is 0 Å². The first-order chi connectivity index (χ1) is 11.3. The van der Waals surface area contributed by atoms with Crippen LogP contribution >= 0.6 is 0 Å². The molecule has 0 saturated carbocycles. The van der Waals surface area contributed by atoms with Crippen molar-refractivity contribution < 1.29 is 4.79 Å². The van der Waals surface area contributed by atoms with Gasteiger partial charge in [-0.3, -0.25) is 4.79 Å². The summed E-state index contributed by atoms with van der Waals surface area (Å²) in [6.45, 7) is 2.69. The van der Waals surface area contributed by atoms with Gasteiger partial charge in [0.05, 0.1) is 6.04 Å². The first-order valence-electron chi connectivity index (χ1n) is 8.44. The standard InChI is InChI=1S/C18H22N4O/c23-18-16(8-11-22(18)15-6-2-1-3-7-15)20-13-14-5-4-10-21-12-9-19-17(14)21/h1-3,6-7,9,12,14,16,20H,4-5,8,10-11,13H2/t14-,16+/m1/s1. The molecule has 3 heterocycles. The van der Waals surface area contributed by atoms with Crippen LogP contribution in [0.3, 0.4) is 0 Å². The minimum atomic E-state index is -0.0689. The van der Waals surface area contributed by atoms with Crippen LogP contribution < -0.4 is 10.2 Å². The number of anilines is 1. The van der Waals surface area contributed by atoms with Gasteiger partial charge in [0.1, 0.15) is 5.82 Å². The summed E-state index contributed by atoms with van der Waals surface area (Å²) in [5.74, 6) is 1.77. The van der Waals surface area contributed by atoms with Crippen molar-refractivity contribution in [1.82, 2.24) is 14.9 Å². The van der Waals surface area contributed by atoms with Crippen molar-refractivity contribution in [2.45, 2.75) is 37.8 Å². The Labute approximate surface area is 136 Å². The Hall–Kier alpha value is -2.14. The lowest BCUT2D eigenvalue weighted by Gasteiger charge is -2.25. The highest BCUT2D eigenvalue weighted by atomic mass is 16.2. The number of benzene rings is 1. The molecule has 2 atom stereocenters. The molecule has 0 bridgehead atoms. The summed E-state index contributed by atoms with van der Waals surface area (Å²) in [5.41, 5.74) is 0.995. The fourth-order valence-corrected chi connectivity index (χ4v) is 3.72. The first kappa shape index (κ1) is 14.5. The van der Waals surface area contributed by atoms with Gasteiger partial charge < -0.3 is 14.8 Å². The number of amides is 1. The number of aryl methyl sites for hydroxylation is 1. The molecule has 120 valence electrons. The summed E-state index contributed by atoms with van der Waals surface area (Å²) in [6, 6.07) is 9.86. The maximum Gasteiger partial charge on any atom is 0.244 e. The van der Waals surface area contributed by atoms with E-state index in [2.05, 4.69) is 21.1 Å². The van der Waals surface area contributed by atoms with Gasteiger partial charge in [-0.15, -0.1) is 0 Å². The van der Waals surface area contributed by atoms with E-state index in [1.165, 1.54) is 6.42 Å². The molecular formula is C18H22N4O. The summed E-state index contributed by atoms with van der Waals surface area (Å²) in [4.78, 5) is 19.0. The molecule has 2 aromatic rings. The number of hydrogen-bond donors (Lipinski definition) is 1. The van der Waals surface area contributed by atoms with Gasteiger partial charge in [0.2, 0.25) is 5.91 Å². The molecule has 0 unspecified atom stereocenters. The highest BCUT2D eigenvalue weighted by molar-refractivity contribution is 5.99. The molecule has 0 aliphatic carbocycles. The van der Waals surface area contributed by atoms with Gasteiger partial charge in [0.15, 0.2) is 0 Å². The molecule has 4 rings (SSSR count). The summed E-state index contributed by atoms with van der Waals surface area (Å²) in [5, 5.41) is 3.49. The number of carbonyl (C=O) groups excluding carboxylic acids is 1. The highest BCUT2D eigenvalue weighted by Gasteiger charge is 2.33. The molecule has 0 radical (unpaired) electrons. The van der Waals surface area contributed by atoms with E-state index in [0.29, 0.717) is 5.92 Å². The van der Waals surface area contributed by atoms with Crippen LogP contribution in [0.4, 0.5) is 5.69 Å². The second-order valence-electron chi connectivity index (χ2n) is 6.39. The molecule has 2 aliphatic heterocycles. The van der Waals surface area contributed by atoms with E-state index in [1.807, 2.05) is 41.4 Å². The summed E-state index contributed by atoms with van der Waals surface area (Å²) < 4.78 is 2.24. The van der Waals surface area contributed by atoms with Gasteiger partial charge in [-0.05, 0) is 31.4 Å². The van der Waals surface area contributed by atoms with Crippen LogP contribution in [0.25, 0.3) is 0 Å². The van der Waals surface area contributed by atoms with Crippen LogP contribution in [-0.4, -0.2) is 34.6 Å². The van der Waals surface area contributed by atoms with Crippen molar-refractivity contribution in [3.63, 3.8) is 0 Å². The van der Waals surface area contributed by atoms with Gasteiger partial charge in [0.25, 0.3) is 0 Å². The van der Waals surface area contributed by atoms with Crippen LogP contribution in [-0.2, 0) is 11.3 Å². The number of nitrogens with zero attached hydrogens (tertiary/aromatic N) is 3. The van der Waals surface area contributed by atoms with Crippen molar-refractivity contribution >= 4 is 11.6 Å². The third kappa shape index (κ3) is 2.77. The molecule has 5 heteroatoms. The van der Waals surface area contributed by atoms with E-state index in [0.717, 1.165) is 44.0 Å². The van der Waals surface area contributed by atoms with Crippen LogP contribution in [0, 0.1) is 0 Å². The Morgan fingerprint density at radius 1 is 1.17 bits per heavy atom. The Morgan fingerprint density at radius 2 is 2.04 bits per heavy atom. The molecule has 1 N–H and O–H groups in total. The molecule has 1 fully saturated rings. The molecule has 1 aromatic heterocycles. The molecular weight excluding hydrogens is 288 g/mol. The zero-order valence-electron chi connectivity index (χ0n) is 13.2. The molecule has 1 amide bonds. The number of para-hydroxylation sites is 1. The van der Waals surface area contributed by atoms with Gasteiger partial charge in [-0.2, -0.15) is 0 Å². The predicted octanol–water partition coefficient (Wildman–Crippen LogP) is 2.16. The predicted molar refractivity (Wildman–Crippen MR) is 89.4 cm³/mol. The van der Waals surface area contributed by atoms with Crippen molar-refractivity contribution in [3.8, 4) is 0 Å². The van der Waals surface area contributed by atoms with Crippen molar-refractivity contribution in [2.24, 2.45) is 0 Å². The number of carbonyl (C=O) groups is 1. The van der Waals surface area contributed by atoms with Crippen LogP contribution in [0.2, 0.25) is 0 Å². The van der Waals surface area contributed by atoms with Crippen LogP contribution in [0.15, 0.2) is 42.7 Å². The van der Waals surface area contributed by atoms with Crippen LogP contribution in [0.5, 0.6) is 0 Å². The first-order valence-corrected chi connectivity index (χ1v) is 8.44. The zero-order valence-corrected chi connectivity index (χ0v) is 13.2. The maximum absolute atomic E-state index is 12.6. The number of imidazole rings is 1. The topological polar surface area (TPSA) is 50.2 Å². The lowest BCUT2D eigenvalue weighted by molar-refractivity contribution is -0.118. The lowest BCUT2D eigenvalue weighted by Crippen LogP contribution is -2.40. The fraction of sp³-hybridized carbons (Fsp3) is 0.444. The average molecular weight is 310 g/mol. The van der Waals surface area contributed by atoms with E-state index in [-0.39, 0.29) is 11.9 Å². The van der Waals surface area contributed by atoms with Crippen molar-refractivity contribution in [3.05, 3.63) is 48.5 Å². The Bertz CT molecular complexity index is 681. The number of rotatable bonds is 4. The third-order valence-electron chi connectivity index (χ3n) is 4.95. The largest absolute Gasteiger partial charge is 0.335 e. The van der Waals surface area contributed by atoms with Crippen molar-refractivity contribution in [2.75, 3.05) is 18.0 Å². The molecule has 2 aliphatic rings. The monoisotopic (exact) mass is 310 g/mol. The Balaban J connectivity index is 1.39. The summed E-state index contributed by atoms with van der Waals surface area (Å²) in [7, 11) is 0. The Kier molecular flexibility index (Phi) is 3.87. The average Bonchev–Trinajstić information content (AvgIpc) is 3.21. The van der Waals surface area contributed by atoms with Crippen molar-refractivity contribution in [1.29, 1.82) is 0 Å². The molecule has 1 saturated heterocycles. The smallest absolute Gasteiger partial charge is 0.244 e. The molecule has 1 aromatic carbocycles. The van der Waals surface area contributed by atoms with E-state index in [4.69, 9.17) is 0 Å². The quantitative estimate of drug-likeness (QED) is 0.941. The number of fused-ring (bicyclic) bond motifs is 1. The SMILES string of the molecule is O=C1[C@@H](NC[C@H]2CCCn3ccnc32)CCN1c1ccccc1. The fourth-order valence-electron chi connectivity index (χ4n) is 3.72. The highest BCUT2D eigenvalue weighted by Crippen LogP contribution is 2.26. The van der Waals surface area contributed by atoms with Crippen LogP contribution in [0.1, 0.15) is 31.0 Å². The van der Waals surface area contributed by atoms with E-state index in [9.17, 15) is 4.79 Å². The summed E-state index contributed by atoms with van der Waals surface area (Å²) >= 11 is 0. The van der Waals surface area contributed by atoms with Gasteiger partial charge in [-0.1, -0.05) is 18.2 Å². The second-order valence-corrected chi connectivity index (χ2v) is 6.39. The maximum atomic E-state index is 12.6. The second kappa shape index (κ2) is 6.16. The van der Waals surface area contributed by atoms with E-state index in [1.54, 1.807) is 0 Å². The number of aromatic nitrogens is 2. The molecule has 23 heavy (non-hydrogen) atoms. The van der Waals surface area contributed by atoms with Gasteiger partial charge in [-0.25, -0.2) is 4.98 Å². The minimum Gasteiger partial charge on any atom is -0.335 e. The third-order valence-corrected chi connectivity index (χ3v) is 4.95. The number of nitrogens with one attached hydrogen (secondary N) is 1. The van der Waals surface area contributed by atoms with E-state index < -0.39 is 0 Å². The minimum absolute atomic E-state index is 0.0689. The normalized spacial score (nSPS) is 24.0. The molecule has 5 nitrogen and oxygen atoms in total. The molecule has 0 spiro atoms.